The van der Waals surface area contributed by atoms with Crippen LogP contribution in [0.1, 0.15) is 40.0 Å². The smallest absolute Gasteiger partial charge is 0.241 e. The number of likely N-dealkylation sites (N-methyl/N-ethyl adjacent to an activating group) is 1. The zero-order valence-corrected chi connectivity index (χ0v) is 13.1. The predicted octanol–water partition coefficient (Wildman–Crippen LogP) is 1.04. The Morgan fingerprint density at radius 3 is 2.90 bits per heavy atom. The van der Waals surface area contributed by atoms with Gasteiger partial charge in [0.25, 0.3) is 0 Å². The molecule has 2 aliphatic heterocycles. The zero-order valence-electron chi connectivity index (χ0n) is 13.1. The molecule has 0 bridgehead atoms. The summed E-state index contributed by atoms with van der Waals surface area (Å²) in [6, 6.07) is 0.0100. The van der Waals surface area contributed by atoms with Crippen molar-refractivity contribution < 1.29 is 9.53 Å². The van der Waals surface area contributed by atoms with Crippen molar-refractivity contribution in [3.8, 4) is 0 Å². The average Bonchev–Trinajstić information content (AvgIpc) is 2.73. The molecule has 0 spiro atoms. The summed E-state index contributed by atoms with van der Waals surface area (Å²) in [4.78, 5) is 16.8. The van der Waals surface area contributed by atoms with Gasteiger partial charge in [0, 0.05) is 19.6 Å². The summed E-state index contributed by atoms with van der Waals surface area (Å²) < 4.78 is 5.82. The first-order valence-corrected chi connectivity index (χ1v) is 8.06. The lowest BCUT2D eigenvalue weighted by atomic mass is 10.1. The van der Waals surface area contributed by atoms with E-state index < -0.39 is 0 Å². The molecular formula is C15H29N3O2. The summed E-state index contributed by atoms with van der Waals surface area (Å²) in [5.41, 5.74) is 0. The normalized spacial score (nSPS) is 32.0. The summed E-state index contributed by atoms with van der Waals surface area (Å²) in [5, 5.41) is 3.41. The van der Waals surface area contributed by atoms with Gasteiger partial charge in [0.1, 0.15) is 0 Å². The number of amides is 1. The highest BCUT2D eigenvalue weighted by atomic mass is 16.5. The zero-order chi connectivity index (χ0) is 14.5. The lowest BCUT2D eigenvalue weighted by Gasteiger charge is -2.35. The van der Waals surface area contributed by atoms with Crippen LogP contribution in [0.4, 0.5) is 0 Å². The van der Waals surface area contributed by atoms with Crippen LogP contribution in [0, 0.1) is 0 Å². The molecule has 116 valence electrons. The summed E-state index contributed by atoms with van der Waals surface area (Å²) in [7, 11) is 0. The molecule has 1 N–H and O–H groups in total. The predicted molar refractivity (Wildman–Crippen MR) is 79.5 cm³/mol. The molecule has 0 saturated carbocycles. The first-order chi connectivity index (χ1) is 9.65. The molecule has 0 radical (unpaired) electrons. The molecule has 3 unspecified atom stereocenters. The maximum Gasteiger partial charge on any atom is 0.241 e. The Labute approximate surface area is 122 Å². The highest BCUT2D eigenvalue weighted by Crippen LogP contribution is 2.17. The largest absolute Gasteiger partial charge is 0.374 e. The van der Waals surface area contributed by atoms with E-state index in [0.717, 1.165) is 45.5 Å². The lowest BCUT2D eigenvalue weighted by Crippen LogP contribution is -2.49. The fourth-order valence-electron chi connectivity index (χ4n) is 3.10. The maximum atomic E-state index is 12.4. The molecule has 2 fully saturated rings. The molecule has 0 aliphatic carbocycles. The number of rotatable bonds is 6. The number of hydrogen-bond acceptors (Lipinski definition) is 4. The molecule has 0 aromatic carbocycles. The molecule has 5 nitrogen and oxygen atoms in total. The minimum Gasteiger partial charge on any atom is -0.374 e. The molecule has 0 aromatic rings. The number of hydrogen-bond donors (Lipinski definition) is 1. The van der Waals surface area contributed by atoms with Crippen LogP contribution in [-0.2, 0) is 9.53 Å². The third-order valence-corrected chi connectivity index (χ3v) is 4.41. The van der Waals surface area contributed by atoms with E-state index in [1.54, 1.807) is 0 Å². The first kappa shape index (κ1) is 15.7. The van der Waals surface area contributed by atoms with E-state index in [1.807, 2.05) is 4.90 Å². The van der Waals surface area contributed by atoms with Gasteiger partial charge in [0.05, 0.1) is 24.9 Å². The second-order valence-corrected chi connectivity index (χ2v) is 5.91. The highest BCUT2D eigenvalue weighted by Gasteiger charge is 2.37. The third-order valence-electron chi connectivity index (χ3n) is 4.41. The van der Waals surface area contributed by atoms with Crippen molar-refractivity contribution in [1.29, 1.82) is 0 Å². The molecule has 2 aliphatic rings. The van der Waals surface area contributed by atoms with Gasteiger partial charge in [-0.05, 0) is 19.9 Å². The monoisotopic (exact) mass is 283 g/mol. The quantitative estimate of drug-likeness (QED) is 0.791. The first-order valence-electron chi connectivity index (χ1n) is 8.06. The van der Waals surface area contributed by atoms with Crippen LogP contribution in [0.15, 0.2) is 0 Å². The molecule has 3 atom stereocenters. The van der Waals surface area contributed by atoms with Crippen molar-refractivity contribution in [2.24, 2.45) is 0 Å². The molecule has 2 rings (SSSR count). The van der Waals surface area contributed by atoms with E-state index in [0.29, 0.717) is 6.54 Å². The van der Waals surface area contributed by atoms with Gasteiger partial charge in [-0.15, -0.1) is 0 Å². The van der Waals surface area contributed by atoms with Gasteiger partial charge >= 0.3 is 0 Å². The van der Waals surface area contributed by atoms with Crippen molar-refractivity contribution in [3.05, 3.63) is 0 Å². The number of carbonyl (C=O) groups is 1. The number of nitrogens with one attached hydrogen (secondary N) is 1. The van der Waals surface area contributed by atoms with Crippen LogP contribution in [0.25, 0.3) is 0 Å². The number of nitrogens with zero attached hydrogens (tertiary/aromatic N) is 2. The van der Waals surface area contributed by atoms with E-state index in [-0.39, 0.29) is 24.2 Å². The average molecular weight is 283 g/mol. The standard InChI is InChI=1S/C15H29N3O2/c1-4-6-7-14-15(19)18(12(3)16-14)11-13-10-17(5-2)8-9-20-13/h12-14,16H,4-11H2,1-3H3. The topological polar surface area (TPSA) is 44.8 Å². The molecule has 0 aromatic heterocycles. The third kappa shape index (κ3) is 3.71. The Morgan fingerprint density at radius 2 is 2.20 bits per heavy atom. The highest BCUT2D eigenvalue weighted by molar-refractivity contribution is 5.84. The number of ether oxygens (including phenoxy) is 1. The van der Waals surface area contributed by atoms with E-state index in [4.69, 9.17) is 4.74 Å². The SMILES string of the molecule is CCCCC1NC(C)N(CC2CN(CC)CCO2)C1=O. The summed E-state index contributed by atoms with van der Waals surface area (Å²) in [5.74, 6) is 0.253. The van der Waals surface area contributed by atoms with Crippen molar-refractivity contribution in [2.45, 2.75) is 58.3 Å². The minimum atomic E-state index is 0.0100. The Morgan fingerprint density at radius 1 is 1.40 bits per heavy atom. The van der Waals surface area contributed by atoms with Crippen LogP contribution in [-0.4, -0.2) is 66.8 Å². The molecule has 2 heterocycles. The number of unbranched alkanes of at least 4 members (excludes halogenated alkanes) is 1. The van der Waals surface area contributed by atoms with Gasteiger partial charge in [-0.3, -0.25) is 15.0 Å². The van der Waals surface area contributed by atoms with Crippen LogP contribution in [0.5, 0.6) is 0 Å². The van der Waals surface area contributed by atoms with Crippen molar-refractivity contribution >= 4 is 5.91 Å². The van der Waals surface area contributed by atoms with Gasteiger partial charge < -0.3 is 9.64 Å². The molecule has 1 amide bonds. The minimum absolute atomic E-state index is 0.0100. The van der Waals surface area contributed by atoms with E-state index >= 15 is 0 Å². The Bertz CT molecular complexity index is 324. The maximum absolute atomic E-state index is 12.4. The second-order valence-electron chi connectivity index (χ2n) is 5.91. The fourth-order valence-corrected chi connectivity index (χ4v) is 3.10. The van der Waals surface area contributed by atoms with Gasteiger partial charge in [-0.25, -0.2) is 0 Å². The van der Waals surface area contributed by atoms with Crippen LogP contribution in [0.3, 0.4) is 0 Å². The molecule has 20 heavy (non-hydrogen) atoms. The van der Waals surface area contributed by atoms with Crippen LogP contribution < -0.4 is 5.32 Å². The van der Waals surface area contributed by atoms with Crippen molar-refractivity contribution in [2.75, 3.05) is 32.8 Å². The van der Waals surface area contributed by atoms with Crippen LogP contribution in [0.2, 0.25) is 0 Å². The molecular weight excluding hydrogens is 254 g/mol. The van der Waals surface area contributed by atoms with Crippen molar-refractivity contribution in [3.63, 3.8) is 0 Å². The van der Waals surface area contributed by atoms with Gasteiger partial charge in [0.2, 0.25) is 5.91 Å². The van der Waals surface area contributed by atoms with Crippen molar-refractivity contribution in [1.82, 2.24) is 15.1 Å². The van der Waals surface area contributed by atoms with Gasteiger partial charge in [-0.1, -0.05) is 26.7 Å². The molecule has 5 heteroatoms. The van der Waals surface area contributed by atoms with E-state index in [2.05, 4.69) is 31.0 Å². The van der Waals surface area contributed by atoms with E-state index in [1.165, 1.54) is 0 Å². The van der Waals surface area contributed by atoms with Gasteiger partial charge in [-0.2, -0.15) is 0 Å². The number of morpholine rings is 1. The van der Waals surface area contributed by atoms with Gasteiger partial charge in [0.15, 0.2) is 0 Å². The van der Waals surface area contributed by atoms with E-state index in [9.17, 15) is 4.79 Å². The summed E-state index contributed by atoms with van der Waals surface area (Å²) in [6.45, 7) is 10.9. The Kier molecular flexibility index (Phi) is 5.81. The van der Waals surface area contributed by atoms with Crippen LogP contribution >= 0.6 is 0 Å². The lowest BCUT2D eigenvalue weighted by molar-refractivity contribution is -0.133. The number of carbonyl (C=O) groups excluding carboxylic acids is 1. The fraction of sp³-hybridized carbons (Fsp3) is 0.933. The molecule has 2 saturated heterocycles. The summed E-state index contributed by atoms with van der Waals surface area (Å²) in [6.07, 6.45) is 3.47. The Hall–Kier alpha value is -0.650. The summed E-state index contributed by atoms with van der Waals surface area (Å²) >= 11 is 0. The second kappa shape index (κ2) is 7.38. The Balaban J connectivity index is 1.87.